The first-order valence-corrected chi connectivity index (χ1v) is 14.2. The van der Waals surface area contributed by atoms with E-state index in [1.807, 2.05) is 19.2 Å². The zero-order valence-corrected chi connectivity index (χ0v) is 24.8. The molecule has 1 N–H and O–H groups in total. The first-order chi connectivity index (χ1) is 19.7. The first-order valence-electron chi connectivity index (χ1n) is 13.3. The van der Waals surface area contributed by atoms with Gasteiger partial charge in [-0.25, -0.2) is 9.78 Å². The highest BCUT2D eigenvalue weighted by atomic mass is 32.1. The van der Waals surface area contributed by atoms with Crippen LogP contribution < -0.4 is 10.2 Å². The van der Waals surface area contributed by atoms with E-state index in [2.05, 4.69) is 10.3 Å². The number of rotatable bonds is 7. The molecule has 1 heterocycles. The Hall–Kier alpha value is -4.18. The monoisotopic (exact) mass is 595 g/mol. The van der Waals surface area contributed by atoms with Crippen LogP contribution in [0, 0.1) is 13.8 Å². The van der Waals surface area contributed by atoms with Crippen LogP contribution in [0.5, 0.6) is 0 Å². The van der Waals surface area contributed by atoms with E-state index in [0.717, 1.165) is 28.4 Å². The summed E-state index contributed by atoms with van der Waals surface area (Å²) in [7, 11) is 0. The molecule has 1 aromatic heterocycles. The van der Waals surface area contributed by atoms with Crippen LogP contribution in [0.1, 0.15) is 53.0 Å². The summed E-state index contributed by atoms with van der Waals surface area (Å²) in [5.41, 5.74) is 2.69. The SMILES string of the molecule is Cc1ccc(-c2ccc(C(F)(F)F)cc2)c(C(=O)Nc2ccc(N(CCc3csc(C)n3)C(=O)OC(C)(C)C)cc2)c1. The normalized spacial score (nSPS) is 11.7. The number of aryl methyl sites for hydroxylation is 2. The Labute approximate surface area is 247 Å². The van der Waals surface area contributed by atoms with Crippen LogP contribution in [-0.4, -0.2) is 29.1 Å². The summed E-state index contributed by atoms with van der Waals surface area (Å²) < 4.78 is 44.8. The van der Waals surface area contributed by atoms with Gasteiger partial charge in [0.15, 0.2) is 0 Å². The summed E-state index contributed by atoms with van der Waals surface area (Å²) >= 11 is 1.55. The van der Waals surface area contributed by atoms with Crippen LogP contribution in [0.2, 0.25) is 0 Å². The standard InChI is InChI=1S/C32H32F3N3O3S/c1-20-6-15-27(22-7-9-23(10-8-22)32(33,34)35)28(18-20)29(39)37-24-11-13-26(14-12-24)38(30(40)41-31(3,4)5)17-16-25-19-42-21(2)36-25/h6-15,18-19H,16-17H2,1-5H3,(H,37,39). The maximum atomic E-state index is 13.4. The number of anilines is 2. The predicted molar refractivity (Wildman–Crippen MR) is 160 cm³/mol. The van der Waals surface area contributed by atoms with Crippen LogP contribution in [0.3, 0.4) is 0 Å². The molecule has 0 aliphatic carbocycles. The fourth-order valence-corrected chi connectivity index (χ4v) is 4.90. The fourth-order valence-electron chi connectivity index (χ4n) is 4.25. The minimum absolute atomic E-state index is 0.327. The number of nitrogens with one attached hydrogen (secondary N) is 1. The number of halogens is 3. The van der Waals surface area contributed by atoms with Gasteiger partial charge in [-0.3, -0.25) is 9.69 Å². The number of aromatic nitrogens is 1. The van der Waals surface area contributed by atoms with Crippen molar-refractivity contribution in [2.75, 3.05) is 16.8 Å². The number of amides is 2. The third kappa shape index (κ3) is 7.97. The number of benzene rings is 3. The van der Waals surface area contributed by atoms with Gasteiger partial charge in [0.2, 0.25) is 0 Å². The molecule has 220 valence electrons. The highest BCUT2D eigenvalue weighted by Crippen LogP contribution is 2.32. The lowest BCUT2D eigenvalue weighted by atomic mass is 9.96. The molecule has 4 rings (SSSR count). The topological polar surface area (TPSA) is 71.5 Å². The van der Waals surface area contributed by atoms with Gasteiger partial charge in [-0.2, -0.15) is 13.2 Å². The Kier molecular flexibility index (Phi) is 9.06. The molecule has 4 aromatic rings. The van der Waals surface area contributed by atoms with Gasteiger partial charge in [0, 0.05) is 35.3 Å². The van der Waals surface area contributed by atoms with E-state index in [0.29, 0.717) is 41.0 Å². The molecule has 0 spiro atoms. The Morgan fingerprint density at radius 2 is 1.62 bits per heavy atom. The highest BCUT2D eigenvalue weighted by Gasteiger charge is 2.30. The van der Waals surface area contributed by atoms with E-state index in [1.165, 1.54) is 17.0 Å². The molecule has 10 heteroatoms. The number of alkyl halides is 3. The number of carbonyl (C=O) groups excluding carboxylic acids is 2. The first kappa shape index (κ1) is 30.8. The Bertz CT molecular complexity index is 1560. The molecule has 0 atom stereocenters. The maximum absolute atomic E-state index is 13.4. The predicted octanol–water partition coefficient (Wildman–Crippen LogP) is 8.68. The van der Waals surface area contributed by atoms with Crippen LogP contribution in [0.15, 0.2) is 72.1 Å². The third-order valence-electron chi connectivity index (χ3n) is 6.25. The lowest BCUT2D eigenvalue weighted by Gasteiger charge is -2.27. The van der Waals surface area contributed by atoms with E-state index in [1.54, 1.807) is 74.6 Å². The third-order valence-corrected chi connectivity index (χ3v) is 7.07. The van der Waals surface area contributed by atoms with Gasteiger partial charge in [-0.05, 0) is 88.2 Å². The fraction of sp³-hybridized carbons (Fsp3) is 0.281. The Balaban J connectivity index is 1.54. The van der Waals surface area contributed by atoms with Gasteiger partial charge in [-0.15, -0.1) is 11.3 Å². The number of hydrogen-bond acceptors (Lipinski definition) is 5. The van der Waals surface area contributed by atoms with E-state index in [4.69, 9.17) is 4.74 Å². The Morgan fingerprint density at radius 1 is 0.952 bits per heavy atom. The van der Waals surface area contributed by atoms with Crippen molar-refractivity contribution in [1.29, 1.82) is 0 Å². The van der Waals surface area contributed by atoms with Crippen molar-refractivity contribution in [1.82, 2.24) is 4.98 Å². The number of hydrogen-bond donors (Lipinski definition) is 1. The average molecular weight is 596 g/mol. The van der Waals surface area contributed by atoms with Crippen molar-refractivity contribution >= 4 is 34.7 Å². The van der Waals surface area contributed by atoms with Crippen LogP contribution >= 0.6 is 11.3 Å². The smallest absolute Gasteiger partial charge is 0.416 e. The van der Waals surface area contributed by atoms with Gasteiger partial charge >= 0.3 is 12.3 Å². The van der Waals surface area contributed by atoms with Crippen LogP contribution in [0.4, 0.5) is 29.3 Å². The molecular formula is C32H32F3N3O3S. The number of thiazole rings is 1. The van der Waals surface area contributed by atoms with E-state index in [9.17, 15) is 22.8 Å². The van der Waals surface area contributed by atoms with Gasteiger partial charge in [-0.1, -0.05) is 29.8 Å². The molecule has 0 saturated heterocycles. The molecule has 3 aromatic carbocycles. The van der Waals surface area contributed by atoms with E-state index < -0.39 is 29.3 Å². The summed E-state index contributed by atoms with van der Waals surface area (Å²) in [6.07, 6.45) is -4.40. The van der Waals surface area contributed by atoms with Crippen molar-refractivity contribution in [3.63, 3.8) is 0 Å². The zero-order valence-electron chi connectivity index (χ0n) is 24.0. The van der Waals surface area contributed by atoms with Gasteiger partial charge in [0.25, 0.3) is 5.91 Å². The van der Waals surface area contributed by atoms with Gasteiger partial charge in [0.1, 0.15) is 5.60 Å². The van der Waals surface area contributed by atoms with Crippen LogP contribution in [-0.2, 0) is 17.3 Å². The lowest BCUT2D eigenvalue weighted by molar-refractivity contribution is -0.137. The minimum Gasteiger partial charge on any atom is -0.443 e. The van der Waals surface area contributed by atoms with Crippen molar-refractivity contribution in [2.24, 2.45) is 0 Å². The summed E-state index contributed by atoms with van der Waals surface area (Å²) in [5, 5.41) is 5.78. The molecule has 2 amide bonds. The molecular weight excluding hydrogens is 563 g/mol. The van der Waals surface area contributed by atoms with Crippen molar-refractivity contribution in [2.45, 2.75) is 52.8 Å². The maximum Gasteiger partial charge on any atom is 0.416 e. The summed E-state index contributed by atoms with van der Waals surface area (Å²) in [4.78, 5) is 32.4. The number of ether oxygens (including phenoxy) is 1. The van der Waals surface area contributed by atoms with Crippen molar-refractivity contribution < 1.29 is 27.5 Å². The van der Waals surface area contributed by atoms with Crippen molar-refractivity contribution in [3.8, 4) is 11.1 Å². The number of nitrogens with zero attached hydrogens (tertiary/aromatic N) is 2. The molecule has 0 fully saturated rings. The van der Waals surface area contributed by atoms with Crippen molar-refractivity contribution in [3.05, 3.63) is 99.5 Å². The van der Waals surface area contributed by atoms with Crippen LogP contribution in [0.25, 0.3) is 11.1 Å². The van der Waals surface area contributed by atoms with E-state index >= 15 is 0 Å². The lowest BCUT2D eigenvalue weighted by Crippen LogP contribution is -2.38. The molecule has 0 bridgehead atoms. The second-order valence-electron chi connectivity index (χ2n) is 10.9. The molecule has 0 aliphatic heterocycles. The molecule has 0 radical (unpaired) electrons. The molecule has 0 saturated carbocycles. The highest BCUT2D eigenvalue weighted by molar-refractivity contribution is 7.09. The molecule has 42 heavy (non-hydrogen) atoms. The summed E-state index contributed by atoms with van der Waals surface area (Å²) in [6, 6.07) is 16.8. The second-order valence-corrected chi connectivity index (χ2v) is 11.9. The zero-order chi connectivity index (χ0) is 30.7. The Morgan fingerprint density at radius 3 is 2.19 bits per heavy atom. The van der Waals surface area contributed by atoms with E-state index in [-0.39, 0.29) is 0 Å². The van der Waals surface area contributed by atoms with Gasteiger partial charge < -0.3 is 10.1 Å². The molecule has 6 nitrogen and oxygen atoms in total. The average Bonchev–Trinajstić information content (AvgIpc) is 3.33. The quantitative estimate of drug-likeness (QED) is 0.232. The molecule has 0 unspecified atom stereocenters. The number of carbonyl (C=O) groups is 2. The largest absolute Gasteiger partial charge is 0.443 e. The summed E-state index contributed by atoms with van der Waals surface area (Å²) in [5.74, 6) is -0.413. The minimum atomic E-state index is -4.45. The van der Waals surface area contributed by atoms with Gasteiger partial charge in [0.05, 0.1) is 16.3 Å². The second kappa shape index (κ2) is 12.4. The molecule has 0 aliphatic rings. The summed E-state index contributed by atoms with van der Waals surface area (Å²) in [6.45, 7) is 9.52.